The molecule has 1 saturated carbocycles. The van der Waals surface area contributed by atoms with E-state index >= 15 is 0 Å². The summed E-state index contributed by atoms with van der Waals surface area (Å²) in [5.74, 6) is 0.140. The fourth-order valence-corrected chi connectivity index (χ4v) is 2.32. The van der Waals surface area contributed by atoms with Crippen molar-refractivity contribution in [2.75, 3.05) is 13.2 Å². The molecule has 1 aromatic rings. The van der Waals surface area contributed by atoms with Crippen LogP contribution in [-0.4, -0.2) is 19.0 Å². The van der Waals surface area contributed by atoms with E-state index in [0.717, 1.165) is 19.6 Å². The molecule has 1 saturated heterocycles. The topological polar surface area (TPSA) is 18.5 Å². The highest BCUT2D eigenvalue weighted by Crippen LogP contribution is 2.57. The van der Waals surface area contributed by atoms with Gasteiger partial charge in [0.15, 0.2) is 5.79 Å². The lowest BCUT2D eigenvalue weighted by molar-refractivity contribution is -0.245. The first-order valence-corrected chi connectivity index (χ1v) is 5.94. The molecule has 1 aliphatic heterocycles. The van der Waals surface area contributed by atoms with Crippen LogP contribution in [0, 0.1) is 5.41 Å². The lowest BCUT2D eigenvalue weighted by Gasteiger charge is -2.35. The van der Waals surface area contributed by atoms with Crippen LogP contribution in [-0.2, 0) is 9.47 Å². The second-order valence-electron chi connectivity index (χ2n) is 5.72. The molecule has 1 aromatic carbocycles. The Bertz CT molecular complexity index is 373. The van der Waals surface area contributed by atoms with Gasteiger partial charge >= 0.3 is 0 Å². The molecule has 0 radical (unpaired) electrons. The van der Waals surface area contributed by atoms with Crippen LogP contribution in [0.25, 0.3) is 0 Å². The van der Waals surface area contributed by atoms with Crippen LogP contribution in [0.2, 0.25) is 0 Å². The van der Waals surface area contributed by atoms with E-state index in [9.17, 15) is 0 Å². The fraction of sp³-hybridized carbons (Fsp3) is 0.571. The molecule has 86 valence electrons. The van der Waals surface area contributed by atoms with Crippen molar-refractivity contribution in [2.24, 2.45) is 5.41 Å². The molecule has 16 heavy (non-hydrogen) atoms. The highest BCUT2D eigenvalue weighted by atomic mass is 16.7. The Morgan fingerprint density at radius 3 is 2.31 bits per heavy atom. The average Bonchev–Trinajstić information content (AvgIpc) is 3.00. The molecule has 1 aliphatic carbocycles. The zero-order chi connectivity index (χ0) is 11.2. The van der Waals surface area contributed by atoms with Crippen molar-refractivity contribution in [1.29, 1.82) is 0 Å². The average molecular weight is 218 g/mol. The summed E-state index contributed by atoms with van der Waals surface area (Å²) in [6.45, 7) is 5.96. The number of hydrogen-bond acceptors (Lipinski definition) is 2. The Morgan fingerprint density at radius 1 is 1.06 bits per heavy atom. The second-order valence-corrected chi connectivity index (χ2v) is 5.72. The molecule has 2 heteroatoms. The summed E-state index contributed by atoms with van der Waals surface area (Å²) in [4.78, 5) is 0. The minimum Gasteiger partial charge on any atom is -0.349 e. The Labute approximate surface area is 96.6 Å². The minimum absolute atomic E-state index is 0.162. The number of ether oxygens (including phenoxy) is 2. The molecule has 1 atom stereocenters. The Morgan fingerprint density at radius 2 is 1.69 bits per heavy atom. The SMILES string of the molecule is CC1(C)COC2(CC2c2ccccc2)OC1. The van der Waals surface area contributed by atoms with Crippen molar-refractivity contribution in [3.63, 3.8) is 0 Å². The normalized spacial score (nSPS) is 30.2. The number of rotatable bonds is 1. The van der Waals surface area contributed by atoms with E-state index in [2.05, 4.69) is 38.1 Å². The number of hydrogen-bond donors (Lipinski definition) is 0. The molecule has 2 fully saturated rings. The van der Waals surface area contributed by atoms with E-state index in [-0.39, 0.29) is 11.2 Å². The van der Waals surface area contributed by atoms with Gasteiger partial charge in [0.2, 0.25) is 0 Å². The molecule has 1 heterocycles. The van der Waals surface area contributed by atoms with Gasteiger partial charge < -0.3 is 9.47 Å². The third-order valence-electron chi connectivity index (χ3n) is 3.48. The van der Waals surface area contributed by atoms with Gasteiger partial charge in [-0.05, 0) is 5.56 Å². The van der Waals surface area contributed by atoms with E-state index in [1.54, 1.807) is 0 Å². The maximum atomic E-state index is 5.94. The summed E-state index contributed by atoms with van der Waals surface area (Å²) >= 11 is 0. The summed E-state index contributed by atoms with van der Waals surface area (Å²) in [6, 6.07) is 10.5. The van der Waals surface area contributed by atoms with Crippen molar-refractivity contribution in [3.8, 4) is 0 Å². The summed E-state index contributed by atoms with van der Waals surface area (Å²) in [6.07, 6.45) is 1.01. The van der Waals surface area contributed by atoms with E-state index in [1.807, 2.05) is 6.07 Å². The summed E-state index contributed by atoms with van der Waals surface area (Å²) < 4.78 is 11.9. The van der Waals surface area contributed by atoms with Crippen LogP contribution in [0.15, 0.2) is 30.3 Å². The van der Waals surface area contributed by atoms with Crippen LogP contribution in [0.1, 0.15) is 31.7 Å². The van der Waals surface area contributed by atoms with E-state index in [4.69, 9.17) is 9.47 Å². The first kappa shape index (κ1) is 10.3. The Kier molecular flexibility index (Phi) is 2.13. The molecular formula is C14H18O2. The molecule has 2 aliphatic rings. The lowest BCUT2D eigenvalue weighted by Crippen LogP contribution is -2.39. The lowest BCUT2D eigenvalue weighted by atomic mass is 9.95. The van der Waals surface area contributed by atoms with Crippen LogP contribution < -0.4 is 0 Å². The second kappa shape index (κ2) is 3.31. The van der Waals surface area contributed by atoms with Gasteiger partial charge in [-0.15, -0.1) is 0 Å². The van der Waals surface area contributed by atoms with E-state index in [0.29, 0.717) is 5.92 Å². The van der Waals surface area contributed by atoms with Gasteiger partial charge in [0.25, 0.3) is 0 Å². The van der Waals surface area contributed by atoms with Gasteiger partial charge in [-0.2, -0.15) is 0 Å². The molecule has 1 unspecified atom stereocenters. The molecule has 1 spiro atoms. The zero-order valence-corrected chi connectivity index (χ0v) is 9.90. The Hall–Kier alpha value is -0.860. The molecule has 3 rings (SSSR count). The molecule has 0 aromatic heterocycles. The quantitative estimate of drug-likeness (QED) is 0.721. The summed E-state index contributed by atoms with van der Waals surface area (Å²) in [5.41, 5.74) is 1.50. The Balaban J connectivity index is 1.72. The fourth-order valence-electron chi connectivity index (χ4n) is 2.32. The van der Waals surface area contributed by atoms with Gasteiger partial charge in [-0.25, -0.2) is 0 Å². The monoisotopic (exact) mass is 218 g/mol. The summed E-state index contributed by atoms with van der Waals surface area (Å²) in [7, 11) is 0. The van der Waals surface area contributed by atoms with Gasteiger partial charge in [0.1, 0.15) is 0 Å². The predicted molar refractivity (Wildman–Crippen MR) is 62.2 cm³/mol. The standard InChI is InChI=1S/C14H18O2/c1-13(2)9-15-14(16-10-13)8-12(14)11-6-4-3-5-7-11/h3-7,12H,8-10H2,1-2H3. The third kappa shape index (κ3) is 1.66. The minimum atomic E-state index is -0.295. The maximum absolute atomic E-state index is 5.94. The van der Waals surface area contributed by atoms with Gasteiger partial charge in [-0.3, -0.25) is 0 Å². The highest BCUT2D eigenvalue weighted by Gasteiger charge is 2.60. The van der Waals surface area contributed by atoms with E-state index < -0.39 is 0 Å². The van der Waals surface area contributed by atoms with Crippen LogP contribution in [0.4, 0.5) is 0 Å². The maximum Gasteiger partial charge on any atom is 0.176 e. The predicted octanol–water partition coefficient (Wildman–Crippen LogP) is 2.94. The van der Waals surface area contributed by atoms with E-state index in [1.165, 1.54) is 5.56 Å². The largest absolute Gasteiger partial charge is 0.349 e. The van der Waals surface area contributed by atoms with Crippen molar-refractivity contribution >= 4 is 0 Å². The zero-order valence-electron chi connectivity index (χ0n) is 9.90. The third-order valence-corrected chi connectivity index (χ3v) is 3.48. The van der Waals surface area contributed by atoms with Crippen LogP contribution >= 0.6 is 0 Å². The van der Waals surface area contributed by atoms with Gasteiger partial charge in [0, 0.05) is 17.8 Å². The van der Waals surface area contributed by atoms with Crippen LogP contribution in [0.3, 0.4) is 0 Å². The smallest absolute Gasteiger partial charge is 0.176 e. The van der Waals surface area contributed by atoms with Gasteiger partial charge in [0.05, 0.1) is 13.2 Å². The van der Waals surface area contributed by atoms with Crippen LogP contribution in [0.5, 0.6) is 0 Å². The molecule has 0 N–H and O–H groups in total. The highest BCUT2D eigenvalue weighted by molar-refractivity contribution is 5.29. The van der Waals surface area contributed by atoms with Gasteiger partial charge in [-0.1, -0.05) is 44.2 Å². The van der Waals surface area contributed by atoms with Crippen molar-refractivity contribution < 1.29 is 9.47 Å². The molecular weight excluding hydrogens is 200 g/mol. The van der Waals surface area contributed by atoms with Crippen molar-refractivity contribution in [3.05, 3.63) is 35.9 Å². The molecule has 2 nitrogen and oxygen atoms in total. The number of benzene rings is 1. The first-order chi connectivity index (χ1) is 7.61. The van der Waals surface area contributed by atoms with Crippen molar-refractivity contribution in [2.45, 2.75) is 32.0 Å². The molecule has 0 amide bonds. The van der Waals surface area contributed by atoms with Crippen molar-refractivity contribution in [1.82, 2.24) is 0 Å². The summed E-state index contributed by atoms with van der Waals surface area (Å²) in [5, 5.41) is 0. The molecule has 0 bridgehead atoms. The first-order valence-electron chi connectivity index (χ1n) is 5.94.